The summed E-state index contributed by atoms with van der Waals surface area (Å²) < 4.78 is 0. The third-order valence-corrected chi connectivity index (χ3v) is 3.41. The Kier molecular flexibility index (Phi) is 4.58. The minimum absolute atomic E-state index is 0.186. The highest BCUT2D eigenvalue weighted by molar-refractivity contribution is 5.97. The van der Waals surface area contributed by atoms with Crippen LogP contribution >= 0.6 is 0 Å². The highest BCUT2D eigenvalue weighted by Gasteiger charge is 2.20. The maximum Gasteiger partial charge on any atom is 0.252 e. The van der Waals surface area contributed by atoms with Crippen LogP contribution in [0.1, 0.15) is 36.2 Å². The molecule has 2 aromatic rings. The van der Waals surface area contributed by atoms with E-state index in [9.17, 15) is 4.79 Å². The first-order valence-corrected chi connectivity index (χ1v) is 7.05. The van der Waals surface area contributed by atoms with Crippen molar-refractivity contribution in [2.24, 2.45) is 5.73 Å². The number of aryl methyl sites for hydroxylation is 1. The molecule has 3 N–H and O–H groups in total. The van der Waals surface area contributed by atoms with Crippen LogP contribution in [0, 0.1) is 0 Å². The topological polar surface area (TPSA) is 68.0 Å². The molecule has 0 saturated heterocycles. The van der Waals surface area contributed by atoms with Gasteiger partial charge in [0.15, 0.2) is 0 Å². The van der Waals surface area contributed by atoms with Gasteiger partial charge in [0.05, 0.1) is 5.56 Å². The first-order chi connectivity index (χ1) is 9.98. The molecule has 0 saturated carbocycles. The van der Waals surface area contributed by atoms with Crippen molar-refractivity contribution in [3.8, 4) is 0 Å². The molecule has 0 atom stereocenters. The summed E-state index contributed by atoms with van der Waals surface area (Å²) in [6.07, 6.45) is 3.54. The van der Waals surface area contributed by atoms with Crippen molar-refractivity contribution in [3.63, 3.8) is 0 Å². The summed E-state index contributed by atoms with van der Waals surface area (Å²) >= 11 is 0. The first-order valence-electron chi connectivity index (χ1n) is 7.05. The number of aromatic nitrogens is 1. The number of nitrogens with one attached hydrogen (secondary N) is 1. The Labute approximate surface area is 125 Å². The van der Waals surface area contributed by atoms with E-state index in [-0.39, 0.29) is 5.54 Å². The Morgan fingerprint density at radius 3 is 2.57 bits per heavy atom. The number of carbonyl (C=O) groups excluding carboxylic acids is 1. The summed E-state index contributed by atoms with van der Waals surface area (Å²) in [4.78, 5) is 15.7. The van der Waals surface area contributed by atoms with Gasteiger partial charge in [-0.2, -0.15) is 0 Å². The summed E-state index contributed by atoms with van der Waals surface area (Å²) in [7, 11) is 0. The molecule has 1 aromatic heterocycles. The molecular formula is C17H21N3O. The number of rotatable bonds is 6. The second kappa shape index (κ2) is 6.39. The van der Waals surface area contributed by atoms with Gasteiger partial charge in [-0.1, -0.05) is 30.3 Å². The lowest BCUT2D eigenvalue weighted by molar-refractivity contribution is 0.100. The number of hydrogen-bond donors (Lipinski definition) is 2. The molecule has 0 fully saturated rings. The highest BCUT2D eigenvalue weighted by atomic mass is 16.1. The smallest absolute Gasteiger partial charge is 0.252 e. The van der Waals surface area contributed by atoms with Gasteiger partial charge in [-0.15, -0.1) is 0 Å². The molecule has 0 aliphatic carbocycles. The van der Waals surface area contributed by atoms with Gasteiger partial charge >= 0.3 is 0 Å². The van der Waals surface area contributed by atoms with Crippen molar-refractivity contribution in [3.05, 3.63) is 59.8 Å². The summed E-state index contributed by atoms with van der Waals surface area (Å²) in [5.41, 5.74) is 6.91. The average Bonchev–Trinajstić information content (AvgIpc) is 2.46. The summed E-state index contributed by atoms with van der Waals surface area (Å²) in [5.74, 6) is 0.0764. The van der Waals surface area contributed by atoms with Crippen LogP contribution in [0.3, 0.4) is 0 Å². The Morgan fingerprint density at radius 2 is 1.90 bits per heavy atom. The van der Waals surface area contributed by atoms with E-state index >= 15 is 0 Å². The molecule has 0 bridgehead atoms. The van der Waals surface area contributed by atoms with E-state index in [2.05, 4.69) is 36.3 Å². The normalized spacial score (nSPS) is 11.1. The Hall–Kier alpha value is -2.36. The van der Waals surface area contributed by atoms with Crippen molar-refractivity contribution < 1.29 is 4.79 Å². The molecule has 0 aliphatic rings. The molecule has 21 heavy (non-hydrogen) atoms. The largest absolute Gasteiger partial charge is 0.365 e. The summed E-state index contributed by atoms with van der Waals surface area (Å²) in [5, 5.41) is 3.33. The van der Waals surface area contributed by atoms with Gasteiger partial charge < -0.3 is 11.1 Å². The monoisotopic (exact) mass is 283 g/mol. The standard InChI is InChI=1S/C17H21N3O/c1-17(2,11-10-13-7-4-3-5-8-13)20-16-14(15(18)21)9-6-12-19-16/h3-9,12H,10-11H2,1-2H3,(H2,18,21)(H,19,20). The number of amides is 1. The van der Waals surface area contributed by atoms with Gasteiger partial charge in [-0.25, -0.2) is 4.98 Å². The maximum atomic E-state index is 11.4. The third kappa shape index (κ3) is 4.31. The van der Waals surface area contributed by atoms with Gasteiger partial charge in [0.25, 0.3) is 5.91 Å². The zero-order valence-electron chi connectivity index (χ0n) is 12.5. The number of nitrogens with two attached hydrogens (primary N) is 1. The van der Waals surface area contributed by atoms with Gasteiger partial charge in [0, 0.05) is 11.7 Å². The number of hydrogen-bond acceptors (Lipinski definition) is 3. The first kappa shape index (κ1) is 15.0. The molecule has 4 nitrogen and oxygen atoms in total. The van der Waals surface area contributed by atoms with E-state index < -0.39 is 5.91 Å². The third-order valence-electron chi connectivity index (χ3n) is 3.41. The second-order valence-corrected chi connectivity index (χ2v) is 5.76. The molecule has 0 aliphatic heterocycles. The zero-order valence-corrected chi connectivity index (χ0v) is 12.5. The molecule has 1 heterocycles. The van der Waals surface area contributed by atoms with Crippen molar-refractivity contribution in [1.82, 2.24) is 4.98 Å². The summed E-state index contributed by atoms with van der Waals surface area (Å²) in [6.45, 7) is 4.19. The van der Waals surface area contributed by atoms with E-state index in [1.54, 1.807) is 18.3 Å². The molecule has 0 radical (unpaired) electrons. The molecule has 2 rings (SSSR count). The Morgan fingerprint density at radius 1 is 1.19 bits per heavy atom. The van der Waals surface area contributed by atoms with Gasteiger partial charge in [0.2, 0.25) is 0 Å². The quantitative estimate of drug-likeness (QED) is 0.856. The number of nitrogens with zero attached hydrogens (tertiary/aromatic N) is 1. The minimum atomic E-state index is -0.468. The second-order valence-electron chi connectivity index (χ2n) is 5.76. The van der Waals surface area contributed by atoms with Gasteiger partial charge in [-0.3, -0.25) is 4.79 Å². The molecule has 0 spiro atoms. The molecule has 0 unspecified atom stereocenters. The fourth-order valence-electron chi connectivity index (χ4n) is 2.19. The van der Waals surface area contributed by atoms with Crippen molar-refractivity contribution in [2.75, 3.05) is 5.32 Å². The molecular weight excluding hydrogens is 262 g/mol. The number of benzene rings is 1. The van der Waals surface area contributed by atoms with Crippen LogP contribution in [0.2, 0.25) is 0 Å². The molecule has 110 valence electrons. The van der Waals surface area contributed by atoms with Crippen LogP contribution in [0.15, 0.2) is 48.7 Å². The lowest BCUT2D eigenvalue weighted by atomic mass is 9.95. The van der Waals surface area contributed by atoms with Crippen LogP contribution < -0.4 is 11.1 Å². The maximum absolute atomic E-state index is 11.4. The van der Waals surface area contributed by atoms with Crippen LogP contribution in [0.4, 0.5) is 5.82 Å². The van der Waals surface area contributed by atoms with Gasteiger partial charge in [0.1, 0.15) is 5.82 Å². The Bertz CT molecular complexity index is 608. The number of anilines is 1. The van der Waals surface area contributed by atoms with E-state index in [0.29, 0.717) is 11.4 Å². The lowest BCUT2D eigenvalue weighted by Crippen LogP contribution is -2.33. The van der Waals surface area contributed by atoms with Crippen LogP contribution in [0.5, 0.6) is 0 Å². The van der Waals surface area contributed by atoms with Crippen LogP contribution in [-0.4, -0.2) is 16.4 Å². The van der Waals surface area contributed by atoms with Crippen LogP contribution in [-0.2, 0) is 6.42 Å². The van der Waals surface area contributed by atoms with E-state index in [4.69, 9.17) is 5.73 Å². The SMILES string of the molecule is CC(C)(CCc1ccccc1)Nc1ncccc1C(N)=O. The van der Waals surface area contributed by atoms with Gasteiger partial charge in [-0.05, 0) is 44.4 Å². The fourth-order valence-corrected chi connectivity index (χ4v) is 2.19. The minimum Gasteiger partial charge on any atom is -0.365 e. The van der Waals surface area contributed by atoms with Crippen LogP contribution in [0.25, 0.3) is 0 Å². The number of pyridine rings is 1. The Balaban J connectivity index is 2.05. The zero-order chi connectivity index (χ0) is 15.3. The summed E-state index contributed by atoms with van der Waals surface area (Å²) in [6, 6.07) is 13.7. The van der Waals surface area contributed by atoms with Crippen molar-refractivity contribution >= 4 is 11.7 Å². The molecule has 1 amide bonds. The van der Waals surface area contributed by atoms with E-state index in [1.165, 1.54) is 5.56 Å². The fraction of sp³-hybridized carbons (Fsp3) is 0.294. The number of primary amides is 1. The average molecular weight is 283 g/mol. The molecule has 4 heteroatoms. The lowest BCUT2D eigenvalue weighted by Gasteiger charge is -2.27. The van der Waals surface area contributed by atoms with E-state index in [0.717, 1.165) is 12.8 Å². The highest BCUT2D eigenvalue weighted by Crippen LogP contribution is 2.21. The predicted molar refractivity (Wildman–Crippen MR) is 85.2 cm³/mol. The van der Waals surface area contributed by atoms with Crippen molar-refractivity contribution in [2.45, 2.75) is 32.2 Å². The number of carbonyl (C=O) groups is 1. The van der Waals surface area contributed by atoms with Crippen molar-refractivity contribution in [1.29, 1.82) is 0 Å². The predicted octanol–water partition coefficient (Wildman–Crippen LogP) is 3.00. The molecule has 1 aromatic carbocycles. The van der Waals surface area contributed by atoms with E-state index in [1.807, 2.05) is 18.2 Å².